The van der Waals surface area contributed by atoms with Crippen molar-refractivity contribution in [2.45, 2.75) is 39.5 Å². The molecule has 0 bridgehead atoms. The molecule has 0 amide bonds. The molecule has 0 N–H and O–H groups in total. The molecule has 1 heteroatoms. The molecule has 15 heavy (non-hydrogen) atoms. The molecule has 0 saturated carbocycles. The van der Waals surface area contributed by atoms with Crippen LogP contribution in [0.15, 0.2) is 12.1 Å². The first-order chi connectivity index (χ1) is 7.35. The predicted molar refractivity (Wildman–Crippen MR) is 67.5 cm³/mol. The Morgan fingerprint density at radius 1 is 0.933 bits per heavy atom. The van der Waals surface area contributed by atoms with Crippen molar-refractivity contribution in [1.82, 2.24) is 0 Å². The zero-order valence-corrected chi connectivity index (χ0v) is 10.2. The second-order valence-electron chi connectivity index (χ2n) is 3.97. The van der Waals surface area contributed by atoms with Gasteiger partial charge in [-0.05, 0) is 36.1 Å². The number of fused-ring (bicyclic) bond motifs is 1. The summed E-state index contributed by atoms with van der Waals surface area (Å²) in [5.74, 6) is 0. The van der Waals surface area contributed by atoms with Crippen molar-refractivity contribution >= 4 is 22.1 Å². The molecule has 0 saturated heterocycles. The average Bonchev–Trinajstić information content (AvgIpc) is 2.66. The molecule has 0 aliphatic carbocycles. The van der Waals surface area contributed by atoms with Gasteiger partial charge in [0.05, 0.1) is 10.8 Å². The molecule has 2 aromatic rings. The molecule has 0 aliphatic rings. The molecule has 1 heterocycles. The van der Waals surface area contributed by atoms with Crippen molar-refractivity contribution < 1.29 is 0 Å². The molecule has 2 radical (unpaired) electrons. The maximum Gasteiger partial charge on any atom is 0.0534 e. The minimum absolute atomic E-state index is 1.19. The van der Waals surface area contributed by atoms with E-state index in [1.165, 1.54) is 47.6 Å². The molecule has 78 valence electrons. The molecular weight excluding hydrogens is 200 g/mol. The Morgan fingerprint density at radius 3 is 1.80 bits per heavy atom. The highest BCUT2D eigenvalue weighted by molar-refractivity contribution is 7.08. The van der Waals surface area contributed by atoms with E-state index in [2.05, 4.69) is 36.7 Å². The van der Waals surface area contributed by atoms with Crippen molar-refractivity contribution in [3.63, 3.8) is 0 Å². The number of aryl methyl sites for hydroxylation is 2. The lowest BCUT2D eigenvalue weighted by Gasteiger charge is -2.08. The summed E-state index contributed by atoms with van der Waals surface area (Å²) in [6, 6.07) is 4.60. The monoisotopic (exact) mass is 216 g/mol. The lowest BCUT2D eigenvalue weighted by molar-refractivity contribution is 0.864. The van der Waals surface area contributed by atoms with Crippen LogP contribution in [0.4, 0.5) is 0 Å². The Hall–Kier alpha value is -0.820. The Labute approximate surface area is 95.9 Å². The molecule has 2 rings (SSSR count). The van der Waals surface area contributed by atoms with Gasteiger partial charge in [0.1, 0.15) is 0 Å². The van der Waals surface area contributed by atoms with Crippen LogP contribution in [0.2, 0.25) is 0 Å². The second-order valence-corrected chi connectivity index (χ2v) is 4.59. The smallest absolute Gasteiger partial charge is 0.0534 e. The lowest BCUT2D eigenvalue weighted by Crippen LogP contribution is -1.93. The van der Waals surface area contributed by atoms with Crippen molar-refractivity contribution in [3.8, 4) is 0 Å². The second kappa shape index (κ2) is 4.80. The SMILES string of the molecule is CCCc1cc2[c]s[c]c2cc1CCC. The van der Waals surface area contributed by atoms with Gasteiger partial charge in [-0.15, -0.1) is 11.3 Å². The fourth-order valence-corrected chi connectivity index (χ4v) is 2.61. The van der Waals surface area contributed by atoms with Crippen LogP contribution in [-0.2, 0) is 12.8 Å². The topological polar surface area (TPSA) is 0 Å². The largest absolute Gasteiger partial charge is 0.132 e. The van der Waals surface area contributed by atoms with Gasteiger partial charge in [-0.2, -0.15) is 0 Å². The molecular formula is C14H16S. The van der Waals surface area contributed by atoms with Gasteiger partial charge in [0.25, 0.3) is 0 Å². The molecule has 0 fully saturated rings. The van der Waals surface area contributed by atoms with Crippen LogP contribution in [0.5, 0.6) is 0 Å². The molecule has 0 nitrogen and oxygen atoms in total. The van der Waals surface area contributed by atoms with Crippen molar-refractivity contribution in [2.24, 2.45) is 0 Å². The summed E-state index contributed by atoms with van der Waals surface area (Å²) in [5, 5.41) is 9.03. The third-order valence-electron chi connectivity index (χ3n) is 2.70. The molecule has 1 aromatic carbocycles. The van der Waals surface area contributed by atoms with E-state index in [9.17, 15) is 0 Å². The summed E-state index contributed by atoms with van der Waals surface area (Å²) in [5.41, 5.74) is 3.02. The fraction of sp³-hybridized carbons (Fsp3) is 0.429. The summed E-state index contributed by atoms with van der Waals surface area (Å²) in [6.45, 7) is 4.48. The Balaban J connectivity index is 2.47. The predicted octanol–water partition coefficient (Wildman–Crippen LogP) is 4.41. The Bertz CT molecular complexity index is 400. The first-order valence-corrected chi connectivity index (χ1v) is 6.50. The van der Waals surface area contributed by atoms with Crippen LogP contribution in [-0.4, -0.2) is 0 Å². The van der Waals surface area contributed by atoms with Gasteiger partial charge in [0.2, 0.25) is 0 Å². The van der Waals surface area contributed by atoms with Gasteiger partial charge < -0.3 is 0 Å². The highest BCUT2D eigenvalue weighted by atomic mass is 32.1. The summed E-state index contributed by atoms with van der Waals surface area (Å²) in [7, 11) is 0. The molecule has 0 aliphatic heterocycles. The summed E-state index contributed by atoms with van der Waals surface area (Å²) in [4.78, 5) is 0. The normalized spacial score (nSPS) is 11.1. The number of hydrogen-bond acceptors (Lipinski definition) is 1. The van der Waals surface area contributed by atoms with Gasteiger partial charge in [0, 0.05) is 10.8 Å². The standard InChI is InChI=1S/C14H16S/c1-3-5-11-7-13-9-15-10-14(13)8-12(11)6-4-2/h7-8H,3-6H2,1-2H3. The zero-order valence-electron chi connectivity index (χ0n) is 9.39. The van der Waals surface area contributed by atoms with E-state index in [1.54, 1.807) is 11.3 Å². The maximum atomic E-state index is 3.27. The number of thiophene rings is 1. The van der Waals surface area contributed by atoms with Crippen molar-refractivity contribution in [1.29, 1.82) is 0 Å². The van der Waals surface area contributed by atoms with Gasteiger partial charge in [0.15, 0.2) is 0 Å². The minimum atomic E-state index is 1.19. The van der Waals surface area contributed by atoms with Crippen LogP contribution in [0.1, 0.15) is 37.8 Å². The highest BCUT2D eigenvalue weighted by Gasteiger charge is 2.04. The fourth-order valence-electron chi connectivity index (χ4n) is 2.00. The first-order valence-electron chi connectivity index (χ1n) is 5.68. The Morgan fingerprint density at radius 2 is 1.40 bits per heavy atom. The van der Waals surface area contributed by atoms with Crippen LogP contribution in [0, 0.1) is 10.8 Å². The minimum Gasteiger partial charge on any atom is -0.132 e. The van der Waals surface area contributed by atoms with E-state index in [1.807, 2.05) is 0 Å². The zero-order chi connectivity index (χ0) is 10.7. The highest BCUT2D eigenvalue weighted by Crippen LogP contribution is 2.24. The van der Waals surface area contributed by atoms with Crippen LogP contribution in [0.25, 0.3) is 10.8 Å². The third-order valence-corrected chi connectivity index (χ3v) is 3.34. The lowest BCUT2D eigenvalue weighted by atomic mass is 9.97. The van der Waals surface area contributed by atoms with Gasteiger partial charge in [-0.25, -0.2) is 0 Å². The van der Waals surface area contributed by atoms with Crippen LogP contribution >= 0.6 is 11.3 Å². The molecule has 0 spiro atoms. The quantitative estimate of drug-likeness (QED) is 0.710. The number of rotatable bonds is 4. The van der Waals surface area contributed by atoms with Crippen molar-refractivity contribution in [2.75, 3.05) is 0 Å². The number of hydrogen-bond donors (Lipinski definition) is 0. The first kappa shape index (κ1) is 10.7. The van der Waals surface area contributed by atoms with Gasteiger partial charge in [-0.1, -0.05) is 26.7 Å². The summed E-state index contributed by atoms with van der Waals surface area (Å²) >= 11 is 1.56. The van der Waals surface area contributed by atoms with Crippen LogP contribution < -0.4 is 0 Å². The molecule has 0 unspecified atom stereocenters. The van der Waals surface area contributed by atoms with E-state index < -0.39 is 0 Å². The van der Waals surface area contributed by atoms with Gasteiger partial charge >= 0.3 is 0 Å². The van der Waals surface area contributed by atoms with Crippen LogP contribution in [0.3, 0.4) is 0 Å². The number of benzene rings is 1. The van der Waals surface area contributed by atoms with E-state index in [0.717, 1.165) is 0 Å². The third kappa shape index (κ3) is 2.23. The van der Waals surface area contributed by atoms with E-state index in [4.69, 9.17) is 0 Å². The Kier molecular flexibility index (Phi) is 3.42. The van der Waals surface area contributed by atoms with Crippen molar-refractivity contribution in [3.05, 3.63) is 34.0 Å². The van der Waals surface area contributed by atoms with E-state index in [0.29, 0.717) is 0 Å². The maximum absolute atomic E-state index is 3.27. The van der Waals surface area contributed by atoms with E-state index >= 15 is 0 Å². The summed E-state index contributed by atoms with van der Waals surface area (Å²) < 4.78 is 0. The summed E-state index contributed by atoms with van der Waals surface area (Å²) in [6.07, 6.45) is 4.82. The van der Waals surface area contributed by atoms with E-state index in [-0.39, 0.29) is 0 Å². The average molecular weight is 216 g/mol. The molecule has 1 aromatic heterocycles. The molecule has 0 atom stereocenters. The van der Waals surface area contributed by atoms with Gasteiger partial charge in [-0.3, -0.25) is 0 Å².